The van der Waals surface area contributed by atoms with Crippen LogP contribution in [0.15, 0.2) is 40.2 Å². The molecule has 2 heterocycles. The van der Waals surface area contributed by atoms with E-state index in [1.807, 2.05) is 11.3 Å². The van der Waals surface area contributed by atoms with Gasteiger partial charge < -0.3 is 4.90 Å². The summed E-state index contributed by atoms with van der Waals surface area (Å²) in [5, 5.41) is 0. The van der Waals surface area contributed by atoms with Crippen LogP contribution in [0.2, 0.25) is 0 Å². The fourth-order valence-corrected chi connectivity index (χ4v) is 4.49. The molecule has 1 aromatic carbocycles. The number of rotatable bonds is 1. The van der Waals surface area contributed by atoms with Crippen LogP contribution in [0.25, 0.3) is 0 Å². The molecule has 94 valence electrons. The quantitative estimate of drug-likeness (QED) is 0.763. The number of thiophene rings is 1. The second kappa shape index (κ2) is 5.16. The van der Waals surface area contributed by atoms with Gasteiger partial charge in [-0.1, -0.05) is 30.3 Å². The molecule has 1 aromatic heterocycles. The Balaban J connectivity index is 2.06. The summed E-state index contributed by atoms with van der Waals surface area (Å²) >= 11 is 5.54. The van der Waals surface area contributed by atoms with Crippen molar-refractivity contribution in [3.05, 3.63) is 56.2 Å². The third-order valence-electron chi connectivity index (χ3n) is 3.59. The molecule has 0 spiro atoms. The second-order valence-electron chi connectivity index (χ2n) is 4.92. The third-order valence-corrected chi connectivity index (χ3v) is 5.38. The van der Waals surface area contributed by atoms with Gasteiger partial charge in [0.15, 0.2) is 0 Å². The number of likely N-dealkylation sites (N-methyl/N-ethyl adjacent to an activating group) is 1. The van der Waals surface area contributed by atoms with Gasteiger partial charge in [-0.05, 0) is 46.6 Å². The standard InChI is InChI=1S/C15H16BrNS/c1-17-8-7-12-9-14(16)18-15(12)13(10-17)11-5-3-2-4-6-11/h2-6,9,13H,7-8,10H2,1H3. The Morgan fingerprint density at radius 2 is 2.06 bits per heavy atom. The molecule has 18 heavy (non-hydrogen) atoms. The van der Waals surface area contributed by atoms with Crippen molar-refractivity contribution >= 4 is 27.3 Å². The molecule has 1 nitrogen and oxygen atoms in total. The predicted molar refractivity (Wildman–Crippen MR) is 81.5 cm³/mol. The maximum atomic E-state index is 3.64. The van der Waals surface area contributed by atoms with Gasteiger partial charge in [0, 0.05) is 23.9 Å². The number of halogens is 1. The summed E-state index contributed by atoms with van der Waals surface area (Å²) in [5.41, 5.74) is 2.95. The smallest absolute Gasteiger partial charge is 0.0704 e. The lowest BCUT2D eigenvalue weighted by atomic mass is 9.95. The van der Waals surface area contributed by atoms with Crippen LogP contribution in [0, 0.1) is 0 Å². The molecule has 1 atom stereocenters. The average Bonchev–Trinajstić information content (AvgIpc) is 2.68. The molecule has 0 aliphatic carbocycles. The van der Waals surface area contributed by atoms with E-state index in [9.17, 15) is 0 Å². The van der Waals surface area contributed by atoms with Gasteiger partial charge in [0.05, 0.1) is 3.79 Å². The molecule has 0 N–H and O–H groups in total. The van der Waals surface area contributed by atoms with E-state index in [0.717, 1.165) is 19.5 Å². The normalized spacial score (nSPS) is 20.4. The molecule has 0 saturated carbocycles. The molecule has 1 aliphatic rings. The SMILES string of the molecule is CN1CCc2cc(Br)sc2C(c2ccccc2)C1. The first kappa shape index (κ1) is 12.4. The van der Waals surface area contributed by atoms with Crippen molar-refractivity contribution in [2.45, 2.75) is 12.3 Å². The van der Waals surface area contributed by atoms with Crippen molar-refractivity contribution in [3.63, 3.8) is 0 Å². The zero-order valence-corrected chi connectivity index (χ0v) is 12.8. The van der Waals surface area contributed by atoms with E-state index in [4.69, 9.17) is 0 Å². The Morgan fingerprint density at radius 1 is 1.28 bits per heavy atom. The Labute approximate surface area is 121 Å². The van der Waals surface area contributed by atoms with Gasteiger partial charge in [-0.25, -0.2) is 0 Å². The van der Waals surface area contributed by atoms with Gasteiger partial charge >= 0.3 is 0 Å². The minimum atomic E-state index is 0.519. The van der Waals surface area contributed by atoms with Gasteiger partial charge in [0.25, 0.3) is 0 Å². The topological polar surface area (TPSA) is 3.24 Å². The van der Waals surface area contributed by atoms with E-state index < -0.39 is 0 Å². The summed E-state index contributed by atoms with van der Waals surface area (Å²) in [4.78, 5) is 3.98. The molecule has 0 fully saturated rings. The first-order chi connectivity index (χ1) is 8.74. The highest BCUT2D eigenvalue weighted by atomic mass is 79.9. The van der Waals surface area contributed by atoms with Gasteiger partial charge in [0.1, 0.15) is 0 Å². The highest BCUT2D eigenvalue weighted by Crippen LogP contribution is 2.38. The van der Waals surface area contributed by atoms with Crippen LogP contribution in [0.4, 0.5) is 0 Å². The minimum Gasteiger partial charge on any atom is -0.305 e. The summed E-state index contributed by atoms with van der Waals surface area (Å²) < 4.78 is 1.26. The lowest BCUT2D eigenvalue weighted by molar-refractivity contribution is 0.338. The molecule has 2 aromatic rings. The molecule has 3 rings (SSSR count). The van der Waals surface area contributed by atoms with Crippen molar-refractivity contribution in [1.29, 1.82) is 0 Å². The van der Waals surface area contributed by atoms with Gasteiger partial charge in [-0.2, -0.15) is 0 Å². The van der Waals surface area contributed by atoms with Crippen LogP contribution in [-0.4, -0.2) is 25.0 Å². The fourth-order valence-electron chi connectivity index (χ4n) is 2.64. The Kier molecular flexibility index (Phi) is 3.55. The summed E-state index contributed by atoms with van der Waals surface area (Å²) in [6, 6.07) is 13.2. The van der Waals surface area contributed by atoms with Crippen LogP contribution in [0.5, 0.6) is 0 Å². The molecule has 0 amide bonds. The summed E-state index contributed by atoms with van der Waals surface area (Å²) in [7, 11) is 2.22. The zero-order valence-electron chi connectivity index (χ0n) is 10.4. The van der Waals surface area contributed by atoms with Crippen LogP contribution in [0.1, 0.15) is 21.9 Å². The van der Waals surface area contributed by atoms with Crippen molar-refractivity contribution < 1.29 is 0 Å². The zero-order chi connectivity index (χ0) is 12.5. The molecule has 3 heteroatoms. The van der Waals surface area contributed by atoms with Crippen LogP contribution < -0.4 is 0 Å². The highest BCUT2D eigenvalue weighted by molar-refractivity contribution is 9.11. The number of fused-ring (bicyclic) bond motifs is 1. The third kappa shape index (κ3) is 2.40. The van der Waals surface area contributed by atoms with E-state index in [-0.39, 0.29) is 0 Å². The van der Waals surface area contributed by atoms with Gasteiger partial charge in [-0.3, -0.25) is 0 Å². The lowest BCUT2D eigenvalue weighted by Gasteiger charge is -2.20. The van der Waals surface area contributed by atoms with Crippen molar-refractivity contribution in [3.8, 4) is 0 Å². The first-order valence-electron chi connectivity index (χ1n) is 6.25. The first-order valence-corrected chi connectivity index (χ1v) is 7.86. The lowest BCUT2D eigenvalue weighted by Crippen LogP contribution is -2.24. The Bertz CT molecular complexity index is 535. The molecule has 0 bridgehead atoms. The van der Waals surface area contributed by atoms with E-state index in [2.05, 4.69) is 64.3 Å². The van der Waals surface area contributed by atoms with Crippen LogP contribution in [0.3, 0.4) is 0 Å². The van der Waals surface area contributed by atoms with E-state index in [1.54, 1.807) is 0 Å². The Hall–Kier alpha value is -0.640. The summed E-state index contributed by atoms with van der Waals surface area (Å²) in [6.45, 7) is 2.27. The van der Waals surface area contributed by atoms with E-state index in [0.29, 0.717) is 5.92 Å². The average molecular weight is 322 g/mol. The summed E-state index contributed by atoms with van der Waals surface area (Å²) in [6.07, 6.45) is 1.16. The van der Waals surface area contributed by atoms with Crippen LogP contribution >= 0.6 is 27.3 Å². The predicted octanol–water partition coefficient (Wildman–Crippen LogP) is 4.13. The van der Waals surface area contributed by atoms with E-state index in [1.165, 1.54) is 19.8 Å². The van der Waals surface area contributed by atoms with E-state index >= 15 is 0 Å². The maximum absolute atomic E-state index is 3.64. The number of nitrogens with zero attached hydrogens (tertiary/aromatic N) is 1. The fraction of sp³-hybridized carbons (Fsp3) is 0.333. The van der Waals surface area contributed by atoms with Crippen LogP contribution in [-0.2, 0) is 6.42 Å². The highest BCUT2D eigenvalue weighted by Gasteiger charge is 2.24. The summed E-state index contributed by atoms with van der Waals surface area (Å²) in [5.74, 6) is 0.519. The van der Waals surface area contributed by atoms with Crippen molar-refractivity contribution in [2.75, 3.05) is 20.1 Å². The number of benzene rings is 1. The van der Waals surface area contributed by atoms with Gasteiger partial charge in [0.2, 0.25) is 0 Å². The van der Waals surface area contributed by atoms with Crippen molar-refractivity contribution in [1.82, 2.24) is 4.90 Å². The molecule has 1 unspecified atom stereocenters. The van der Waals surface area contributed by atoms with Crippen molar-refractivity contribution in [2.24, 2.45) is 0 Å². The number of hydrogen-bond donors (Lipinski definition) is 0. The second-order valence-corrected chi connectivity index (χ2v) is 7.38. The maximum Gasteiger partial charge on any atom is 0.0704 e. The largest absolute Gasteiger partial charge is 0.305 e. The molecule has 1 aliphatic heterocycles. The molecular weight excluding hydrogens is 306 g/mol. The number of hydrogen-bond acceptors (Lipinski definition) is 2. The minimum absolute atomic E-state index is 0.519. The molecular formula is C15H16BrNS. The molecule has 0 radical (unpaired) electrons. The monoisotopic (exact) mass is 321 g/mol. The van der Waals surface area contributed by atoms with Gasteiger partial charge in [-0.15, -0.1) is 11.3 Å². The molecule has 0 saturated heterocycles. The Morgan fingerprint density at radius 3 is 2.83 bits per heavy atom.